The summed E-state index contributed by atoms with van der Waals surface area (Å²) in [5.74, 6) is -0.200. The first kappa shape index (κ1) is 19.0. The molecule has 0 aliphatic rings. The van der Waals surface area contributed by atoms with Crippen LogP contribution in [0.4, 0.5) is 5.69 Å². The molecule has 0 saturated heterocycles. The quantitative estimate of drug-likeness (QED) is 0.835. The van der Waals surface area contributed by atoms with Crippen molar-refractivity contribution in [1.29, 1.82) is 0 Å². The molecule has 1 N–H and O–H groups in total. The second-order valence-electron chi connectivity index (χ2n) is 6.21. The molecule has 0 aliphatic carbocycles. The number of nitrogens with zero attached hydrogens (tertiary/aromatic N) is 1. The highest BCUT2D eigenvalue weighted by molar-refractivity contribution is 6.31. The van der Waals surface area contributed by atoms with E-state index >= 15 is 0 Å². The van der Waals surface area contributed by atoms with E-state index in [0.717, 1.165) is 22.4 Å². The standard InChI is InChI=1S/C20H23ClN2O2/c1-14-10-15(2)12-18(11-14)22-20(25)8-9-23(16(3)24)13-17-6-4-5-7-19(17)21/h4-7,10-12H,8-9,13H2,1-3H3,(H,22,25). The van der Waals surface area contributed by atoms with Crippen LogP contribution in [0.5, 0.6) is 0 Å². The predicted molar refractivity (Wildman–Crippen MR) is 102 cm³/mol. The summed E-state index contributed by atoms with van der Waals surface area (Å²) in [5.41, 5.74) is 3.84. The van der Waals surface area contributed by atoms with Gasteiger partial charge in [-0.3, -0.25) is 9.59 Å². The van der Waals surface area contributed by atoms with Gasteiger partial charge in [-0.05, 0) is 48.7 Å². The second kappa shape index (κ2) is 8.67. The van der Waals surface area contributed by atoms with E-state index in [1.54, 1.807) is 11.0 Å². The Kier molecular flexibility index (Phi) is 6.59. The van der Waals surface area contributed by atoms with E-state index < -0.39 is 0 Å². The number of halogens is 1. The summed E-state index contributed by atoms with van der Waals surface area (Å²) in [7, 11) is 0. The summed E-state index contributed by atoms with van der Waals surface area (Å²) in [6.45, 7) is 6.22. The number of hydrogen-bond acceptors (Lipinski definition) is 2. The number of carbonyl (C=O) groups is 2. The molecule has 5 heteroatoms. The fourth-order valence-electron chi connectivity index (χ4n) is 2.69. The molecule has 2 rings (SSSR count). The summed E-state index contributed by atoms with van der Waals surface area (Å²) < 4.78 is 0. The van der Waals surface area contributed by atoms with Crippen molar-refractivity contribution in [2.45, 2.75) is 33.7 Å². The summed E-state index contributed by atoms with van der Waals surface area (Å²) >= 11 is 6.16. The van der Waals surface area contributed by atoms with Crippen molar-refractivity contribution in [3.63, 3.8) is 0 Å². The smallest absolute Gasteiger partial charge is 0.226 e. The first-order valence-corrected chi connectivity index (χ1v) is 8.60. The lowest BCUT2D eigenvalue weighted by Gasteiger charge is -2.21. The molecule has 0 heterocycles. The molecule has 0 atom stereocenters. The number of nitrogens with one attached hydrogen (secondary N) is 1. The zero-order valence-electron chi connectivity index (χ0n) is 14.8. The zero-order valence-corrected chi connectivity index (χ0v) is 15.6. The normalized spacial score (nSPS) is 10.4. The van der Waals surface area contributed by atoms with Crippen molar-refractivity contribution in [3.8, 4) is 0 Å². The van der Waals surface area contributed by atoms with Crippen molar-refractivity contribution in [2.24, 2.45) is 0 Å². The van der Waals surface area contributed by atoms with Crippen LogP contribution in [0.25, 0.3) is 0 Å². The highest BCUT2D eigenvalue weighted by Crippen LogP contribution is 2.18. The molecule has 0 fully saturated rings. The molecule has 132 valence electrons. The molecule has 0 aliphatic heterocycles. The molecule has 2 aromatic carbocycles. The van der Waals surface area contributed by atoms with Gasteiger partial charge in [0.05, 0.1) is 0 Å². The summed E-state index contributed by atoms with van der Waals surface area (Å²) in [5, 5.41) is 3.51. The van der Waals surface area contributed by atoms with Crippen molar-refractivity contribution < 1.29 is 9.59 Å². The Morgan fingerprint density at radius 2 is 1.72 bits per heavy atom. The Bertz CT molecular complexity index is 754. The molecule has 0 saturated carbocycles. The van der Waals surface area contributed by atoms with Crippen molar-refractivity contribution in [2.75, 3.05) is 11.9 Å². The lowest BCUT2D eigenvalue weighted by Crippen LogP contribution is -2.31. The van der Waals surface area contributed by atoms with Crippen LogP contribution < -0.4 is 5.32 Å². The molecular formula is C20H23ClN2O2. The van der Waals surface area contributed by atoms with Crippen LogP contribution in [-0.4, -0.2) is 23.3 Å². The Hall–Kier alpha value is -2.33. The molecule has 25 heavy (non-hydrogen) atoms. The third-order valence-corrected chi connectivity index (χ3v) is 4.25. The van der Waals surface area contributed by atoms with Crippen LogP contribution >= 0.6 is 11.6 Å². The summed E-state index contributed by atoms with van der Waals surface area (Å²) in [6, 6.07) is 13.3. The molecule has 4 nitrogen and oxygen atoms in total. The number of hydrogen-bond donors (Lipinski definition) is 1. The van der Waals surface area contributed by atoms with Gasteiger partial charge in [0.25, 0.3) is 0 Å². The minimum absolute atomic E-state index is 0.0841. The van der Waals surface area contributed by atoms with Crippen LogP contribution in [0, 0.1) is 13.8 Å². The second-order valence-corrected chi connectivity index (χ2v) is 6.61. The molecular weight excluding hydrogens is 336 g/mol. The van der Waals surface area contributed by atoms with Gasteiger partial charge in [0.2, 0.25) is 11.8 Å². The molecule has 0 radical (unpaired) electrons. The third kappa shape index (κ3) is 5.91. The van der Waals surface area contributed by atoms with Gasteiger partial charge in [-0.15, -0.1) is 0 Å². The maximum absolute atomic E-state index is 12.2. The largest absolute Gasteiger partial charge is 0.338 e. The topological polar surface area (TPSA) is 49.4 Å². The van der Waals surface area contributed by atoms with Crippen LogP contribution in [-0.2, 0) is 16.1 Å². The number of amides is 2. The van der Waals surface area contributed by atoms with E-state index in [1.165, 1.54) is 6.92 Å². The maximum atomic E-state index is 12.2. The van der Waals surface area contributed by atoms with E-state index in [-0.39, 0.29) is 18.2 Å². The highest BCUT2D eigenvalue weighted by atomic mass is 35.5. The zero-order chi connectivity index (χ0) is 18.4. The number of benzene rings is 2. The lowest BCUT2D eigenvalue weighted by molar-refractivity contribution is -0.129. The van der Waals surface area contributed by atoms with Gasteiger partial charge in [-0.1, -0.05) is 35.9 Å². The van der Waals surface area contributed by atoms with Crippen LogP contribution in [0.15, 0.2) is 42.5 Å². The maximum Gasteiger partial charge on any atom is 0.226 e. The molecule has 2 amide bonds. The van der Waals surface area contributed by atoms with Gasteiger partial charge in [0.1, 0.15) is 0 Å². The first-order chi connectivity index (χ1) is 11.8. The van der Waals surface area contributed by atoms with Gasteiger partial charge < -0.3 is 10.2 Å². The average Bonchev–Trinajstić information content (AvgIpc) is 2.51. The number of rotatable bonds is 6. The number of anilines is 1. The van der Waals surface area contributed by atoms with E-state index in [0.29, 0.717) is 18.1 Å². The van der Waals surface area contributed by atoms with Gasteiger partial charge in [-0.25, -0.2) is 0 Å². The van der Waals surface area contributed by atoms with Crippen molar-refractivity contribution in [1.82, 2.24) is 4.90 Å². The van der Waals surface area contributed by atoms with Crippen molar-refractivity contribution >= 4 is 29.1 Å². The van der Waals surface area contributed by atoms with Crippen LogP contribution in [0.2, 0.25) is 5.02 Å². The minimum Gasteiger partial charge on any atom is -0.338 e. The Balaban J connectivity index is 1.95. The highest BCUT2D eigenvalue weighted by Gasteiger charge is 2.13. The Morgan fingerprint density at radius 3 is 2.32 bits per heavy atom. The monoisotopic (exact) mass is 358 g/mol. The molecule has 0 unspecified atom stereocenters. The first-order valence-electron chi connectivity index (χ1n) is 8.22. The van der Waals surface area contributed by atoms with Gasteiger partial charge in [0, 0.05) is 37.1 Å². The number of aryl methyl sites for hydroxylation is 2. The van der Waals surface area contributed by atoms with E-state index in [2.05, 4.69) is 11.4 Å². The third-order valence-electron chi connectivity index (χ3n) is 3.88. The molecule has 0 aromatic heterocycles. The number of carbonyl (C=O) groups excluding carboxylic acids is 2. The Labute approximate surface area is 153 Å². The van der Waals surface area contributed by atoms with E-state index in [1.807, 2.05) is 44.2 Å². The van der Waals surface area contributed by atoms with Crippen LogP contribution in [0.3, 0.4) is 0 Å². The predicted octanol–water partition coefficient (Wildman–Crippen LogP) is 4.33. The van der Waals surface area contributed by atoms with Crippen molar-refractivity contribution in [3.05, 3.63) is 64.2 Å². The van der Waals surface area contributed by atoms with Gasteiger partial charge >= 0.3 is 0 Å². The van der Waals surface area contributed by atoms with E-state index in [9.17, 15) is 9.59 Å². The fraction of sp³-hybridized carbons (Fsp3) is 0.300. The van der Waals surface area contributed by atoms with E-state index in [4.69, 9.17) is 11.6 Å². The molecule has 0 spiro atoms. The lowest BCUT2D eigenvalue weighted by atomic mass is 10.1. The molecule has 0 bridgehead atoms. The van der Waals surface area contributed by atoms with Crippen LogP contribution in [0.1, 0.15) is 30.0 Å². The Morgan fingerprint density at radius 1 is 1.08 bits per heavy atom. The van der Waals surface area contributed by atoms with Gasteiger partial charge in [-0.2, -0.15) is 0 Å². The SMILES string of the molecule is CC(=O)N(CCC(=O)Nc1cc(C)cc(C)c1)Cc1ccccc1Cl. The molecule has 2 aromatic rings. The summed E-state index contributed by atoms with van der Waals surface area (Å²) in [6.07, 6.45) is 0.233. The average molecular weight is 359 g/mol. The summed E-state index contributed by atoms with van der Waals surface area (Å²) in [4.78, 5) is 25.7. The minimum atomic E-state index is -0.115. The fourth-order valence-corrected chi connectivity index (χ4v) is 2.88. The van der Waals surface area contributed by atoms with Gasteiger partial charge in [0.15, 0.2) is 0 Å².